The van der Waals surface area contributed by atoms with Gasteiger partial charge in [-0.15, -0.1) is 0 Å². The maximum atomic E-state index is 11.9. The van der Waals surface area contributed by atoms with Gasteiger partial charge in [0.2, 0.25) is 0 Å². The van der Waals surface area contributed by atoms with Crippen molar-refractivity contribution in [2.45, 2.75) is 19.8 Å². The highest BCUT2D eigenvalue weighted by atomic mass is 79.9. The van der Waals surface area contributed by atoms with E-state index >= 15 is 0 Å². The van der Waals surface area contributed by atoms with E-state index in [2.05, 4.69) is 38.1 Å². The molecule has 6 heteroatoms. The third kappa shape index (κ3) is 4.33. The molecule has 0 unspecified atom stereocenters. The lowest BCUT2D eigenvalue weighted by Gasteiger charge is -2.09. The van der Waals surface area contributed by atoms with Gasteiger partial charge in [0.25, 0.3) is 0 Å². The molecule has 0 spiro atoms. The van der Waals surface area contributed by atoms with Gasteiger partial charge in [-0.1, -0.05) is 29.3 Å². The number of unbranched alkanes of at least 4 members (excludes halogenated alkanes) is 1. The van der Waals surface area contributed by atoms with Crippen molar-refractivity contribution in [2.75, 3.05) is 11.9 Å². The Balaban J connectivity index is 1.76. The summed E-state index contributed by atoms with van der Waals surface area (Å²) in [5, 5.41) is 4.19. The molecule has 0 fully saturated rings. The van der Waals surface area contributed by atoms with E-state index in [-0.39, 0.29) is 5.97 Å². The van der Waals surface area contributed by atoms with Crippen molar-refractivity contribution in [2.24, 2.45) is 0 Å². The number of carbonyl (C=O) groups is 1. The standard InChI is InChI=1S/C19H18BrN3O2/c1-2-3-10-25-19(24)13-4-7-15(8-5-13)23-18-16-11-14(20)6-9-17(16)21-12-22-18/h4-9,11-12H,2-3,10H2,1H3,(H,21,22,23). The summed E-state index contributed by atoms with van der Waals surface area (Å²) in [6.45, 7) is 2.51. The minimum atomic E-state index is -0.295. The molecule has 0 aliphatic rings. The van der Waals surface area contributed by atoms with Crippen LogP contribution in [0, 0.1) is 0 Å². The minimum absolute atomic E-state index is 0.295. The third-order valence-electron chi connectivity index (χ3n) is 3.71. The van der Waals surface area contributed by atoms with Crippen molar-refractivity contribution < 1.29 is 9.53 Å². The number of benzene rings is 2. The minimum Gasteiger partial charge on any atom is -0.462 e. The molecule has 2 aromatic carbocycles. The van der Waals surface area contributed by atoms with E-state index in [0.29, 0.717) is 18.0 Å². The van der Waals surface area contributed by atoms with Gasteiger partial charge in [0.15, 0.2) is 0 Å². The zero-order chi connectivity index (χ0) is 17.6. The summed E-state index contributed by atoms with van der Waals surface area (Å²) >= 11 is 3.47. The first kappa shape index (κ1) is 17.4. The molecule has 0 atom stereocenters. The fourth-order valence-electron chi connectivity index (χ4n) is 2.35. The second kappa shape index (κ2) is 8.07. The number of hydrogen-bond acceptors (Lipinski definition) is 5. The Kier molecular flexibility index (Phi) is 5.60. The lowest BCUT2D eigenvalue weighted by atomic mass is 10.2. The van der Waals surface area contributed by atoms with Crippen molar-refractivity contribution >= 4 is 44.3 Å². The maximum Gasteiger partial charge on any atom is 0.338 e. The van der Waals surface area contributed by atoms with Gasteiger partial charge in [-0.2, -0.15) is 0 Å². The van der Waals surface area contributed by atoms with Gasteiger partial charge in [-0.25, -0.2) is 14.8 Å². The molecule has 25 heavy (non-hydrogen) atoms. The van der Waals surface area contributed by atoms with Crippen molar-refractivity contribution in [1.29, 1.82) is 0 Å². The number of fused-ring (bicyclic) bond motifs is 1. The van der Waals surface area contributed by atoms with Crippen LogP contribution in [0.5, 0.6) is 0 Å². The van der Waals surface area contributed by atoms with E-state index in [0.717, 1.165) is 33.9 Å². The summed E-state index contributed by atoms with van der Waals surface area (Å²) in [7, 11) is 0. The van der Waals surface area contributed by atoms with Crippen LogP contribution in [-0.4, -0.2) is 22.5 Å². The molecule has 3 rings (SSSR count). The van der Waals surface area contributed by atoms with Gasteiger partial charge in [0, 0.05) is 15.5 Å². The van der Waals surface area contributed by atoms with Crippen LogP contribution >= 0.6 is 15.9 Å². The Morgan fingerprint density at radius 2 is 1.96 bits per heavy atom. The molecule has 1 heterocycles. The molecule has 128 valence electrons. The van der Waals surface area contributed by atoms with Crippen molar-refractivity contribution in [1.82, 2.24) is 9.97 Å². The first-order valence-electron chi connectivity index (χ1n) is 8.12. The zero-order valence-corrected chi connectivity index (χ0v) is 15.4. The number of aromatic nitrogens is 2. The number of carbonyl (C=O) groups excluding carboxylic acids is 1. The van der Waals surface area contributed by atoms with Gasteiger partial charge in [0.05, 0.1) is 17.7 Å². The molecular weight excluding hydrogens is 382 g/mol. The number of nitrogens with one attached hydrogen (secondary N) is 1. The van der Waals surface area contributed by atoms with Crippen LogP contribution in [0.3, 0.4) is 0 Å². The lowest BCUT2D eigenvalue weighted by Crippen LogP contribution is -2.06. The molecule has 1 aromatic heterocycles. The summed E-state index contributed by atoms with van der Waals surface area (Å²) in [4.78, 5) is 20.5. The molecule has 3 aromatic rings. The average Bonchev–Trinajstić information content (AvgIpc) is 2.63. The third-order valence-corrected chi connectivity index (χ3v) is 4.21. The fraction of sp³-hybridized carbons (Fsp3) is 0.211. The second-order valence-corrected chi connectivity index (χ2v) is 6.49. The Hall–Kier alpha value is -2.47. The molecule has 0 radical (unpaired) electrons. The summed E-state index contributed by atoms with van der Waals surface area (Å²) in [5.41, 5.74) is 2.24. The van der Waals surface area contributed by atoms with E-state index in [1.54, 1.807) is 12.1 Å². The number of hydrogen-bond donors (Lipinski definition) is 1. The van der Waals surface area contributed by atoms with Crippen LogP contribution in [0.1, 0.15) is 30.1 Å². The van der Waals surface area contributed by atoms with Crippen LogP contribution in [0.25, 0.3) is 10.9 Å². The molecule has 0 saturated heterocycles. The highest BCUT2D eigenvalue weighted by Gasteiger charge is 2.08. The van der Waals surface area contributed by atoms with Crippen LogP contribution in [0.4, 0.5) is 11.5 Å². The number of halogens is 1. The molecule has 0 amide bonds. The van der Waals surface area contributed by atoms with E-state index in [1.165, 1.54) is 6.33 Å². The predicted octanol–water partition coefficient (Wildman–Crippen LogP) is 5.09. The van der Waals surface area contributed by atoms with E-state index < -0.39 is 0 Å². The van der Waals surface area contributed by atoms with E-state index in [4.69, 9.17) is 4.74 Å². The first-order chi connectivity index (χ1) is 12.2. The monoisotopic (exact) mass is 399 g/mol. The van der Waals surface area contributed by atoms with Gasteiger partial charge in [-0.05, 0) is 48.9 Å². The molecular formula is C19H18BrN3O2. The number of esters is 1. The van der Waals surface area contributed by atoms with Gasteiger partial charge < -0.3 is 10.1 Å². The number of nitrogens with zero attached hydrogens (tertiary/aromatic N) is 2. The summed E-state index contributed by atoms with van der Waals surface area (Å²) in [5.74, 6) is 0.418. The molecule has 0 aliphatic carbocycles. The van der Waals surface area contributed by atoms with Crippen LogP contribution in [-0.2, 0) is 4.74 Å². The summed E-state index contributed by atoms with van der Waals surface area (Å²) in [6, 6.07) is 13.0. The molecule has 5 nitrogen and oxygen atoms in total. The predicted molar refractivity (Wildman–Crippen MR) is 102 cm³/mol. The first-order valence-corrected chi connectivity index (χ1v) is 8.91. The Morgan fingerprint density at radius 3 is 2.72 bits per heavy atom. The lowest BCUT2D eigenvalue weighted by molar-refractivity contribution is 0.0500. The van der Waals surface area contributed by atoms with Crippen molar-refractivity contribution in [3.05, 3.63) is 58.8 Å². The van der Waals surface area contributed by atoms with E-state index in [9.17, 15) is 4.79 Å². The summed E-state index contributed by atoms with van der Waals surface area (Å²) in [6.07, 6.45) is 3.40. The van der Waals surface area contributed by atoms with Crippen LogP contribution in [0.2, 0.25) is 0 Å². The highest BCUT2D eigenvalue weighted by molar-refractivity contribution is 9.10. The SMILES string of the molecule is CCCCOC(=O)c1ccc(Nc2ncnc3ccc(Br)cc23)cc1. The number of anilines is 2. The van der Waals surface area contributed by atoms with E-state index in [1.807, 2.05) is 30.3 Å². The quantitative estimate of drug-likeness (QED) is 0.461. The van der Waals surface area contributed by atoms with Gasteiger partial charge >= 0.3 is 5.97 Å². The second-order valence-electron chi connectivity index (χ2n) is 5.58. The van der Waals surface area contributed by atoms with Crippen LogP contribution < -0.4 is 5.32 Å². The van der Waals surface area contributed by atoms with Gasteiger partial charge in [0.1, 0.15) is 12.1 Å². The molecule has 0 saturated carbocycles. The molecule has 0 aliphatic heterocycles. The Labute approximate surface area is 154 Å². The smallest absolute Gasteiger partial charge is 0.338 e. The van der Waals surface area contributed by atoms with Crippen molar-refractivity contribution in [3.8, 4) is 0 Å². The fourth-order valence-corrected chi connectivity index (χ4v) is 2.71. The maximum absolute atomic E-state index is 11.9. The molecule has 1 N–H and O–H groups in total. The topological polar surface area (TPSA) is 64.1 Å². The van der Waals surface area contributed by atoms with Crippen LogP contribution in [0.15, 0.2) is 53.3 Å². The number of ether oxygens (including phenoxy) is 1. The normalized spacial score (nSPS) is 10.6. The average molecular weight is 400 g/mol. The molecule has 0 bridgehead atoms. The highest BCUT2D eigenvalue weighted by Crippen LogP contribution is 2.26. The number of rotatable bonds is 6. The summed E-state index contributed by atoms with van der Waals surface area (Å²) < 4.78 is 6.17. The zero-order valence-electron chi connectivity index (χ0n) is 13.8. The Morgan fingerprint density at radius 1 is 1.16 bits per heavy atom. The largest absolute Gasteiger partial charge is 0.462 e. The Bertz CT molecular complexity index is 881. The van der Waals surface area contributed by atoms with Crippen molar-refractivity contribution in [3.63, 3.8) is 0 Å². The van der Waals surface area contributed by atoms with Gasteiger partial charge in [-0.3, -0.25) is 0 Å².